The van der Waals surface area contributed by atoms with Crippen LogP contribution in [0.1, 0.15) is 59.1 Å². The number of amides is 1. The summed E-state index contributed by atoms with van der Waals surface area (Å²) in [4.78, 5) is 14.3. The van der Waals surface area contributed by atoms with Gasteiger partial charge in [0.25, 0.3) is 5.91 Å². The van der Waals surface area contributed by atoms with E-state index in [2.05, 4.69) is 17.5 Å². The lowest BCUT2D eigenvalue weighted by Crippen LogP contribution is -2.21. The summed E-state index contributed by atoms with van der Waals surface area (Å²) in [5.41, 5.74) is 5.26. The second-order valence-corrected chi connectivity index (χ2v) is 6.87. The van der Waals surface area contributed by atoms with E-state index in [1.807, 2.05) is 6.07 Å². The van der Waals surface area contributed by atoms with Crippen molar-refractivity contribution in [1.82, 2.24) is 5.43 Å². The Morgan fingerprint density at radius 2 is 2.26 bits per heavy atom. The van der Waals surface area contributed by atoms with Crippen molar-refractivity contribution in [2.75, 3.05) is 0 Å². The van der Waals surface area contributed by atoms with Crippen molar-refractivity contribution in [2.45, 2.75) is 51.9 Å². The van der Waals surface area contributed by atoms with Crippen LogP contribution in [-0.2, 0) is 12.8 Å². The highest BCUT2D eigenvalue weighted by molar-refractivity contribution is 7.14. The number of hydrogen-bond donors (Lipinski definition) is 1. The van der Waals surface area contributed by atoms with Crippen LogP contribution in [0.4, 0.5) is 0 Å². The van der Waals surface area contributed by atoms with Crippen molar-refractivity contribution in [3.63, 3.8) is 0 Å². The molecule has 19 heavy (non-hydrogen) atoms. The molecule has 2 aliphatic rings. The number of thiophene rings is 1. The molecule has 1 atom stereocenters. The number of aryl methyl sites for hydroxylation is 2. The Bertz CT molecular complexity index is 497. The average Bonchev–Trinajstić information content (AvgIpc) is 2.96. The molecule has 0 radical (unpaired) electrons. The lowest BCUT2D eigenvalue weighted by Gasteiger charge is -2.18. The minimum Gasteiger partial charge on any atom is -0.266 e. The van der Waals surface area contributed by atoms with Crippen LogP contribution in [0.5, 0.6) is 0 Å². The van der Waals surface area contributed by atoms with Crippen molar-refractivity contribution < 1.29 is 4.79 Å². The maximum Gasteiger partial charge on any atom is 0.281 e. The van der Waals surface area contributed by atoms with Crippen LogP contribution in [0, 0.1) is 5.92 Å². The Labute approximate surface area is 118 Å². The second-order valence-electron chi connectivity index (χ2n) is 5.73. The van der Waals surface area contributed by atoms with Crippen molar-refractivity contribution >= 4 is 23.0 Å². The fourth-order valence-corrected chi connectivity index (χ4v) is 4.13. The number of nitrogens with zero attached hydrogens (tertiary/aromatic N) is 1. The van der Waals surface area contributed by atoms with Crippen molar-refractivity contribution in [3.8, 4) is 0 Å². The van der Waals surface area contributed by atoms with Gasteiger partial charge in [-0.25, -0.2) is 5.43 Å². The van der Waals surface area contributed by atoms with Gasteiger partial charge in [0.2, 0.25) is 0 Å². The van der Waals surface area contributed by atoms with E-state index in [9.17, 15) is 4.79 Å². The molecule has 1 aromatic heterocycles. The van der Waals surface area contributed by atoms with E-state index in [1.54, 1.807) is 11.3 Å². The normalized spacial score (nSPS) is 24.5. The number of carbonyl (C=O) groups excluding carboxylic acids is 1. The first-order chi connectivity index (χ1) is 9.22. The molecule has 0 aromatic carbocycles. The Morgan fingerprint density at radius 3 is 3.05 bits per heavy atom. The van der Waals surface area contributed by atoms with E-state index in [0.29, 0.717) is 5.92 Å². The summed E-state index contributed by atoms with van der Waals surface area (Å²) in [5, 5.41) is 4.32. The summed E-state index contributed by atoms with van der Waals surface area (Å²) in [6.45, 7) is 2.25. The molecule has 1 fully saturated rings. The summed E-state index contributed by atoms with van der Waals surface area (Å²) in [6.07, 6.45) is 8.05. The third-order valence-electron chi connectivity index (χ3n) is 4.03. The van der Waals surface area contributed by atoms with Crippen LogP contribution in [0.3, 0.4) is 0 Å². The molecule has 0 aliphatic heterocycles. The summed E-state index contributed by atoms with van der Waals surface area (Å²) < 4.78 is 0. The standard InChI is InChI=1S/C15H20N2OS/c1-10-4-2-6-12(8-10)16-17-15(18)14-9-11-5-3-7-13(11)19-14/h9-10H,2-8H2,1H3,(H,17,18)/b16-12+/t10-/m1/s1. The van der Waals surface area contributed by atoms with E-state index in [4.69, 9.17) is 0 Å². The molecule has 1 aromatic rings. The predicted octanol–water partition coefficient (Wildman–Crippen LogP) is 3.53. The topological polar surface area (TPSA) is 41.5 Å². The average molecular weight is 276 g/mol. The smallest absolute Gasteiger partial charge is 0.266 e. The van der Waals surface area contributed by atoms with Gasteiger partial charge in [0.1, 0.15) is 0 Å². The second kappa shape index (κ2) is 5.45. The van der Waals surface area contributed by atoms with Gasteiger partial charge in [0, 0.05) is 10.6 Å². The van der Waals surface area contributed by atoms with Gasteiger partial charge < -0.3 is 0 Å². The molecular formula is C15H20N2OS. The third kappa shape index (κ3) is 2.89. The Balaban J connectivity index is 1.63. The molecule has 3 nitrogen and oxygen atoms in total. The zero-order chi connectivity index (χ0) is 13.2. The van der Waals surface area contributed by atoms with Crippen LogP contribution in [-0.4, -0.2) is 11.6 Å². The van der Waals surface area contributed by atoms with E-state index < -0.39 is 0 Å². The van der Waals surface area contributed by atoms with Gasteiger partial charge in [-0.15, -0.1) is 11.3 Å². The first-order valence-corrected chi connectivity index (χ1v) is 8.01. The van der Waals surface area contributed by atoms with Crippen LogP contribution in [0.15, 0.2) is 11.2 Å². The van der Waals surface area contributed by atoms with Gasteiger partial charge in [-0.2, -0.15) is 5.10 Å². The Hall–Kier alpha value is -1.16. The molecule has 4 heteroatoms. The molecule has 0 bridgehead atoms. The highest BCUT2D eigenvalue weighted by Gasteiger charge is 2.19. The molecule has 1 heterocycles. The summed E-state index contributed by atoms with van der Waals surface area (Å²) in [5.74, 6) is 0.667. The molecule has 0 unspecified atom stereocenters. The van der Waals surface area contributed by atoms with Crippen molar-refractivity contribution in [1.29, 1.82) is 0 Å². The highest BCUT2D eigenvalue weighted by Crippen LogP contribution is 2.30. The molecule has 0 spiro atoms. The van der Waals surface area contributed by atoms with Crippen LogP contribution in [0.25, 0.3) is 0 Å². The maximum atomic E-state index is 12.1. The number of hydrazone groups is 1. The molecule has 3 rings (SSSR count). The molecule has 1 saturated carbocycles. The van der Waals surface area contributed by atoms with Gasteiger partial charge in [0.05, 0.1) is 4.88 Å². The number of nitrogens with one attached hydrogen (secondary N) is 1. The molecule has 0 saturated heterocycles. The molecule has 2 aliphatic carbocycles. The van der Waals surface area contributed by atoms with Crippen LogP contribution < -0.4 is 5.43 Å². The summed E-state index contributed by atoms with van der Waals surface area (Å²) in [7, 11) is 0. The number of hydrogen-bond acceptors (Lipinski definition) is 3. The molecule has 102 valence electrons. The summed E-state index contributed by atoms with van der Waals surface area (Å²) in [6, 6.07) is 2.05. The third-order valence-corrected chi connectivity index (χ3v) is 5.27. The number of rotatable bonds is 2. The molecular weight excluding hydrogens is 256 g/mol. The van der Waals surface area contributed by atoms with Gasteiger partial charge in [-0.05, 0) is 62.5 Å². The largest absolute Gasteiger partial charge is 0.281 e. The monoisotopic (exact) mass is 276 g/mol. The Kier molecular flexibility index (Phi) is 3.69. The first kappa shape index (κ1) is 12.9. The lowest BCUT2D eigenvalue weighted by molar-refractivity contribution is 0.0958. The van der Waals surface area contributed by atoms with Crippen molar-refractivity contribution in [3.05, 3.63) is 21.4 Å². The fourth-order valence-electron chi connectivity index (χ4n) is 2.99. The van der Waals surface area contributed by atoms with Crippen LogP contribution in [0.2, 0.25) is 0 Å². The molecule has 1 N–H and O–H groups in total. The minimum absolute atomic E-state index is 0.0369. The first-order valence-electron chi connectivity index (χ1n) is 7.19. The fraction of sp³-hybridized carbons (Fsp3) is 0.600. The van der Waals surface area contributed by atoms with E-state index in [-0.39, 0.29) is 5.91 Å². The van der Waals surface area contributed by atoms with Crippen molar-refractivity contribution in [2.24, 2.45) is 11.0 Å². The summed E-state index contributed by atoms with van der Waals surface area (Å²) >= 11 is 1.64. The highest BCUT2D eigenvalue weighted by atomic mass is 32.1. The molecule has 1 amide bonds. The van der Waals surface area contributed by atoms with E-state index in [1.165, 1.54) is 29.7 Å². The maximum absolute atomic E-state index is 12.1. The van der Waals surface area contributed by atoms with E-state index >= 15 is 0 Å². The van der Waals surface area contributed by atoms with Gasteiger partial charge >= 0.3 is 0 Å². The number of fused-ring (bicyclic) bond motifs is 1. The van der Waals surface area contributed by atoms with Gasteiger partial charge in [0.15, 0.2) is 0 Å². The van der Waals surface area contributed by atoms with Gasteiger partial charge in [-0.3, -0.25) is 4.79 Å². The zero-order valence-electron chi connectivity index (χ0n) is 11.4. The lowest BCUT2D eigenvalue weighted by atomic mass is 9.89. The Morgan fingerprint density at radius 1 is 1.37 bits per heavy atom. The van der Waals surface area contributed by atoms with E-state index in [0.717, 1.165) is 36.3 Å². The zero-order valence-corrected chi connectivity index (χ0v) is 12.2. The minimum atomic E-state index is -0.0369. The number of carbonyl (C=O) groups is 1. The predicted molar refractivity (Wildman–Crippen MR) is 78.9 cm³/mol. The quantitative estimate of drug-likeness (QED) is 0.825. The van der Waals surface area contributed by atoms with Crippen LogP contribution >= 0.6 is 11.3 Å². The van der Waals surface area contributed by atoms with Gasteiger partial charge in [-0.1, -0.05) is 6.92 Å². The SMILES string of the molecule is C[C@@H]1CCC/C(=N\NC(=O)c2cc3c(s2)CCC3)C1.